The molecule has 0 saturated carbocycles. The molecule has 3 rings (SSSR count). The number of hydrogen-bond acceptors (Lipinski definition) is 5. The first-order valence-corrected chi connectivity index (χ1v) is 7.19. The molecule has 0 radical (unpaired) electrons. The van der Waals surface area contributed by atoms with E-state index < -0.39 is 6.04 Å². The van der Waals surface area contributed by atoms with E-state index in [2.05, 4.69) is 10.5 Å². The molecule has 1 aliphatic heterocycles. The van der Waals surface area contributed by atoms with Gasteiger partial charge in [0.25, 0.3) is 5.91 Å². The molecule has 0 spiro atoms. The van der Waals surface area contributed by atoms with Crippen molar-refractivity contribution in [3.05, 3.63) is 41.7 Å². The predicted octanol–water partition coefficient (Wildman–Crippen LogP) is 1.50. The molecule has 116 valence electrons. The molecular formula is C15H17N3O4. The van der Waals surface area contributed by atoms with Gasteiger partial charge in [0.2, 0.25) is 11.7 Å². The van der Waals surface area contributed by atoms with Gasteiger partial charge in [-0.15, -0.1) is 0 Å². The number of likely N-dealkylation sites (tertiary alicyclic amines) is 1. The summed E-state index contributed by atoms with van der Waals surface area (Å²) in [4.78, 5) is 26.2. The van der Waals surface area contributed by atoms with Crippen molar-refractivity contribution < 1.29 is 18.5 Å². The molecular weight excluding hydrogens is 286 g/mol. The first-order chi connectivity index (χ1) is 10.6. The van der Waals surface area contributed by atoms with Crippen molar-refractivity contribution in [3.8, 4) is 0 Å². The summed E-state index contributed by atoms with van der Waals surface area (Å²) < 4.78 is 10.2. The Morgan fingerprint density at radius 3 is 3.05 bits per heavy atom. The van der Waals surface area contributed by atoms with Gasteiger partial charge in [-0.05, 0) is 31.9 Å². The second-order valence-corrected chi connectivity index (χ2v) is 5.29. The smallest absolute Gasteiger partial charge is 0.293 e. The fourth-order valence-electron chi connectivity index (χ4n) is 2.59. The van der Waals surface area contributed by atoms with E-state index in [1.54, 1.807) is 31.4 Å². The minimum absolute atomic E-state index is 0.170. The number of aryl methyl sites for hydroxylation is 1. The van der Waals surface area contributed by atoms with Crippen LogP contribution in [0.4, 0.5) is 0 Å². The lowest BCUT2D eigenvalue weighted by Gasteiger charge is -2.22. The average molecular weight is 303 g/mol. The van der Waals surface area contributed by atoms with Crippen LogP contribution in [0.5, 0.6) is 0 Å². The molecule has 7 heteroatoms. The molecule has 3 heterocycles. The van der Waals surface area contributed by atoms with Crippen LogP contribution in [0.1, 0.15) is 34.9 Å². The van der Waals surface area contributed by atoms with Crippen LogP contribution in [-0.2, 0) is 11.3 Å². The number of nitrogens with zero attached hydrogens (tertiary/aromatic N) is 2. The van der Waals surface area contributed by atoms with Gasteiger partial charge in [0.1, 0.15) is 11.8 Å². The van der Waals surface area contributed by atoms with Crippen LogP contribution in [-0.4, -0.2) is 34.5 Å². The molecule has 1 unspecified atom stereocenters. The van der Waals surface area contributed by atoms with E-state index in [1.807, 2.05) is 0 Å². The Morgan fingerprint density at radius 1 is 1.50 bits per heavy atom. The molecule has 0 aliphatic carbocycles. The maximum atomic E-state index is 12.4. The quantitative estimate of drug-likeness (QED) is 0.924. The third-order valence-corrected chi connectivity index (χ3v) is 3.67. The van der Waals surface area contributed by atoms with Gasteiger partial charge >= 0.3 is 0 Å². The van der Waals surface area contributed by atoms with Gasteiger partial charge in [-0.3, -0.25) is 9.59 Å². The highest BCUT2D eigenvalue weighted by molar-refractivity contribution is 5.95. The Hall–Kier alpha value is -2.57. The summed E-state index contributed by atoms with van der Waals surface area (Å²) in [5, 5.41) is 6.51. The Morgan fingerprint density at radius 2 is 2.36 bits per heavy atom. The third kappa shape index (κ3) is 2.88. The summed E-state index contributed by atoms with van der Waals surface area (Å²) in [7, 11) is 0. The Kier molecular flexibility index (Phi) is 3.95. The second kappa shape index (κ2) is 6.05. The molecule has 1 N–H and O–H groups in total. The van der Waals surface area contributed by atoms with Crippen molar-refractivity contribution in [2.75, 3.05) is 6.54 Å². The number of amides is 2. The van der Waals surface area contributed by atoms with Crippen LogP contribution >= 0.6 is 0 Å². The van der Waals surface area contributed by atoms with Gasteiger partial charge < -0.3 is 19.2 Å². The van der Waals surface area contributed by atoms with Gasteiger partial charge in [0.15, 0.2) is 0 Å². The van der Waals surface area contributed by atoms with E-state index in [9.17, 15) is 9.59 Å². The van der Waals surface area contributed by atoms with Gasteiger partial charge in [-0.1, -0.05) is 5.16 Å². The predicted molar refractivity (Wildman–Crippen MR) is 75.9 cm³/mol. The first kappa shape index (κ1) is 14.4. The number of nitrogens with one attached hydrogen (secondary N) is 1. The summed E-state index contributed by atoms with van der Waals surface area (Å²) in [6.07, 6.45) is 2.99. The van der Waals surface area contributed by atoms with Crippen molar-refractivity contribution in [1.82, 2.24) is 15.4 Å². The number of rotatable bonds is 4. The van der Waals surface area contributed by atoms with Crippen LogP contribution in [0.3, 0.4) is 0 Å². The fraction of sp³-hybridized carbons (Fsp3) is 0.400. The van der Waals surface area contributed by atoms with Gasteiger partial charge in [0.05, 0.1) is 18.5 Å². The van der Waals surface area contributed by atoms with Crippen molar-refractivity contribution in [2.45, 2.75) is 32.4 Å². The fourth-order valence-corrected chi connectivity index (χ4v) is 2.59. The highest BCUT2D eigenvalue weighted by atomic mass is 16.5. The zero-order valence-corrected chi connectivity index (χ0v) is 12.2. The number of carbonyl (C=O) groups is 2. The Balaban J connectivity index is 1.64. The molecule has 2 aromatic rings. The van der Waals surface area contributed by atoms with Crippen LogP contribution in [0.15, 0.2) is 33.4 Å². The normalized spacial score (nSPS) is 17.7. The first-order valence-electron chi connectivity index (χ1n) is 7.19. The lowest BCUT2D eigenvalue weighted by molar-refractivity contribution is -0.125. The minimum atomic E-state index is -0.479. The number of carbonyl (C=O) groups excluding carboxylic acids is 2. The van der Waals surface area contributed by atoms with Crippen molar-refractivity contribution in [3.63, 3.8) is 0 Å². The molecule has 22 heavy (non-hydrogen) atoms. The van der Waals surface area contributed by atoms with Crippen molar-refractivity contribution in [2.24, 2.45) is 0 Å². The van der Waals surface area contributed by atoms with Crippen LogP contribution < -0.4 is 5.32 Å². The Labute approximate surface area is 127 Å². The van der Waals surface area contributed by atoms with E-state index >= 15 is 0 Å². The largest absolute Gasteiger partial charge is 0.467 e. The maximum absolute atomic E-state index is 12.4. The number of hydrogen-bond donors (Lipinski definition) is 1. The van der Waals surface area contributed by atoms with Crippen LogP contribution in [0.25, 0.3) is 0 Å². The molecule has 1 atom stereocenters. The summed E-state index contributed by atoms with van der Waals surface area (Å²) in [5.74, 6) is 0.369. The maximum Gasteiger partial charge on any atom is 0.293 e. The molecule has 1 aliphatic rings. The molecule has 0 aromatic carbocycles. The number of aromatic nitrogens is 1. The topological polar surface area (TPSA) is 88.6 Å². The van der Waals surface area contributed by atoms with Crippen molar-refractivity contribution >= 4 is 11.8 Å². The third-order valence-electron chi connectivity index (χ3n) is 3.67. The van der Waals surface area contributed by atoms with Gasteiger partial charge in [-0.25, -0.2) is 0 Å². The molecule has 0 bridgehead atoms. The van der Waals surface area contributed by atoms with E-state index in [-0.39, 0.29) is 17.6 Å². The molecule has 2 aromatic heterocycles. The monoisotopic (exact) mass is 303 g/mol. The van der Waals surface area contributed by atoms with Crippen LogP contribution in [0.2, 0.25) is 0 Å². The second-order valence-electron chi connectivity index (χ2n) is 5.29. The minimum Gasteiger partial charge on any atom is -0.467 e. The highest BCUT2D eigenvalue weighted by Gasteiger charge is 2.35. The zero-order chi connectivity index (χ0) is 15.5. The SMILES string of the molecule is Cc1cc(C(=O)N2CCCC2C(=O)NCc2ccco2)on1. The van der Waals surface area contributed by atoms with Crippen molar-refractivity contribution in [1.29, 1.82) is 0 Å². The summed E-state index contributed by atoms with van der Waals surface area (Å²) >= 11 is 0. The molecule has 2 amide bonds. The number of furan rings is 1. The van der Waals surface area contributed by atoms with E-state index in [0.29, 0.717) is 31.0 Å². The van der Waals surface area contributed by atoms with E-state index in [1.165, 1.54) is 4.90 Å². The molecule has 1 saturated heterocycles. The van der Waals surface area contributed by atoms with Crippen LogP contribution in [0, 0.1) is 6.92 Å². The lowest BCUT2D eigenvalue weighted by Crippen LogP contribution is -2.45. The summed E-state index contributed by atoms with van der Waals surface area (Å²) in [6, 6.07) is 4.65. The molecule has 1 fully saturated rings. The molecule has 7 nitrogen and oxygen atoms in total. The Bertz CT molecular complexity index is 662. The summed E-state index contributed by atoms with van der Waals surface area (Å²) in [5.41, 5.74) is 0.640. The van der Waals surface area contributed by atoms with Gasteiger partial charge in [-0.2, -0.15) is 0 Å². The average Bonchev–Trinajstić information content (AvgIpc) is 3.24. The van der Waals surface area contributed by atoms with Gasteiger partial charge in [0, 0.05) is 12.6 Å². The highest BCUT2D eigenvalue weighted by Crippen LogP contribution is 2.21. The summed E-state index contributed by atoms with van der Waals surface area (Å²) in [6.45, 7) is 2.60. The van der Waals surface area contributed by atoms with E-state index in [4.69, 9.17) is 8.94 Å². The lowest BCUT2D eigenvalue weighted by atomic mass is 10.2. The zero-order valence-electron chi connectivity index (χ0n) is 12.2. The van der Waals surface area contributed by atoms with E-state index in [0.717, 1.165) is 6.42 Å². The standard InChI is InChI=1S/C15H17N3O4/c1-10-8-13(22-17-10)15(20)18-6-2-5-12(18)14(19)16-9-11-4-3-7-21-11/h3-4,7-8,12H,2,5-6,9H2,1H3,(H,16,19).